The maximum Gasteiger partial charge on any atom is 0.407 e. The van der Waals surface area contributed by atoms with Crippen molar-refractivity contribution in [1.29, 1.82) is 0 Å². The Morgan fingerprint density at radius 1 is 0.886 bits per heavy atom. The molecule has 5 nitrogen and oxygen atoms in total. The molecule has 1 N–H and O–H groups in total. The zero-order chi connectivity index (χ0) is 24.8. The maximum atomic E-state index is 13.0. The molecule has 3 aromatic rings. The Kier molecular flexibility index (Phi) is 7.93. The number of hydrogen-bond donors (Lipinski definition) is 1. The molecule has 0 spiro atoms. The summed E-state index contributed by atoms with van der Waals surface area (Å²) >= 11 is 1.17. The monoisotopic (exact) mass is 489 g/mol. The number of fused-ring (bicyclic) bond motifs is 3. The summed E-state index contributed by atoms with van der Waals surface area (Å²) in [5.74, 6) is 0.485. The number of thioether (sulfide) groups is 1. The first-order chi connectivity index (χ1) is 16.8. The zero-order valence-corrected chi connectivity index (χ0v) is 21.1. The molecule has 1 amide bonds. The van der Waals surface area contributed by atoms with Crippen molar-refractivity contribution in [3.63, 3.8) is 0 Å². The molecule has 0 fully saturated rings. The van der Waals surface area contributed by atoms with Crippen LogP contribution in [-0.2, 0) is 20.0 Å². The fraction of sp³-hybridized carbons (Fsp3) is 0.310. The van der Waals surface area contributed by atoms with Gasteiger partial charge < -0.3 is 14.8 Å². The van der Waals surface area contributed by atoms with Gasteiger partial charge in [0.25, 0.3) is 0 Å². The fourth-order valence-electron chi connectivity index (χ4n) is 4.11. The van der Waals surface area contributed by atoms with Gasteiger partial charge in [-0.05, 0) is 48.6 Å². The minimum Gasteiger partial charge on any atom is -0.449 e. The Hall–Kier alpha value is -3.09. The van der Waals surface area contributed by atoms with Gasteiger partial charge in [0.05, 0.1) is 12.2 Å². The Morgan fingerprint density at radius 3 is 2.06 bits per heavy atom. The van der Waals surface area contributed by atoms with E-state index >= 15 is 0 Å². The molecule has 1 aliphatic carbocycles. The second-order valence-corrected chi connectivity index (χ2v) is 10.5. The van der Waals surface area contributed by atoms with Crippen LogP contribution >= 0.6 is 11.8 Å². The average molecular weight is 490 g/mol. The number of ether oxygens (including phenoxy) is 2. The number of rotatable bonds is 8. The van der Waals surface area contributed by atoms with E-state index in [2.05, 4.69) is 29.6 Å². The molecule has 6 heteroatoms. The van der Waals surface area contributed by atoms with Crippen LogP contribution in [0.25, 0.3) is 11.1 Å². The standard InChI is InChI=1S/C29H31NO4S/c1-29(2,3)34-18-26(27(31)35-19-20-11-5-4-6-12-20)30-28(32)33-17-25-23-15-9-7-13-21(23)22-14-8-10-16-24(22)25/h4-16,25-26H,17-19H2,1-3H3,(H,30,32)/t26-/m0/s1. The van der Waals surface area contributed by atoms with Crippen molar-refractivity contribution in [3.05, 3.63) is 95.6 Å². The Morgan fingerprint density at radius 2 is 1.46 bits per heavy atom. The molecule has 182 valence electrons. The second kappa shape index (κ2) is 11.1. The summed E-state index contributed by atoms with van der Waals surface area (Å²) in [6, 6.07) is 25.3. The first-order valence-corrected chi connectivity index (χ1v) is 12.8. The summed E-state index contributed by atoms with van der Waals surface area (Å²) in [7, 11) is 0. The van der Waals surface area contributed by atoms with Crippen LogP contribution in [0.4, 0.5) is 4.79 Å². The van der Waals surface area contributed by atoms with Gasteiger partial charge in [0, 0.05) is 11.7 Å². The topological polar surface area (TPSA) is 64.6 Å². The van der Waals surface area contributed by atoms with Gasteiger partial charge in [0.2, 0.25) is 5.12 Å². The van der Waals surface area contributed by atoms with Crippen LogP contribution in [0.3, 0.4) is 0 Å². The molecule has 4 rings (SSSR count). The van der Waals surface area contributed by atoms with Crippen molar-refractivity contribution in [1.82, 2.24) is 5.32 Å². The number of hydrogen-bond acceptors (Lipinski definition) is 5. The van der Waals surface area contributed by atoms with Crippen LogP contribution in [0.15, 0.2) is 78.9 Å². The minimum atomic E-state index is -0.807. The van der Waals surface area contributed by atoms with E-state index in [0.717, 1.165) is 16.7 Å². The number of benzene rings is 3. The molecule has 1 atom stereocenters. The molecule has 0 aliphatic heterocycles. The Balaban J connectivity index is 1.40. The number of amides is 1. The molecular formula is C29H31NO4S. The molecule has 0 unspecified atom stereocenters. The van der Waals surface area contributed by atoms with Gasteiger partial charge in [-0.15, -0.1) is 0 Å². The highest BCUT2D eigenvalue weighted by Crippen LogP contribution is 2.44. The third-order valence-electron chi connectivity index (χ3n) is 5.83. The highest BCUT2D eigenvalue weighted by Gasteiger charge is 2.30. The van der Waals surface area contributed by atoms with Crippen LogP contribution in [0.5, 0.6) is 0 Å². The first kappa shape index (κ1) is 25.0. The molecule has 3 aromatic carbocycles. The molecule has 0 bridgehead atoms. The summed E-state index contributed by atoms with van der Waals surface area (Å²) in [6.07, 6.45) is -0.622. The van der Waals surface area contributed by atoms with Crippen molar-refractivity contribution in [2.75, 3.05) is 13.2 Å². The van der Waals surface area contributed by atoms with Crippen molar-refractivity contribution in [2.24, 2.45) is 0 Å². The van der Waals surface area contributed by atoms with Crippen LogP contribution in [-0.4, -0.2) is 36.1 Å². The molecule has 0 aromatic heterocycles. The normalized spacial score (nSPS) is 13.6. The lowest BCUT2D eigenvalue weighted by atomic mass is 9.98. The van der Waals surface area contributed by atoms with Crippen LogP contribution in [0, 0.1) is 0 Å². The molecule has 1 aliphatic rings. The highest BCUT2D eigenvalue weighted by molar-refractivity contribution is 8.13. The van der Waals surface area contributed by atoms with Crippen molar-refractivity contribution in [2.45, 2.75) is 44.1 Å². The lowest BCUT2D eigenvalue weighted by Gasteiger charge is -2.24. The van der Waals surface area contributed by atoms with Gasteiger partial charge in [-0.3, -0.25) is 4.79 Å². The molecule has 0 saturated heterocycles. The van der Waals surface area contributed by atoms with E-state index in [-0.39, 0.29) is 24.2 Å². The lowest BCUT2D eigenvalue weighted by Crippen LogP contribution is -2.45. The van der Waals surface area contributed by atoms with Crippen molar-refractivity contribution in [3.8, 4) is 11.1 Å². The van der Waals surface area contributed by atoms with Gasteiger partial charge in [-0.1, -0.05) is 90.6 Å². The van der Waals surface area contributed by atoms with E-state index in [1.165, 1.54) is 22.9 Å². The summed E-state index contributed by atoms with van der Waals surface area (Å²) in [5, 5.41) is 2.58. The molecule has 0 heterocycles. The second-order valence-electron chi connectivity index (χ2n) is 9.54. The van der Waals surface area contributed by atoms with E-state index in [1.807, 2.05) is 75.4 Å². The molecule has 0 radical (unpaired) electrons. The summed E-state index contributed by atoms with van der Waals surface area (Å²) in [4.78, 5) is 25.8. The first-order valence-electron chi connectivity index (χ1n) is 11.8. The fourth-order valence-corrected chi connectivity index (χ4v) is 4.94. The number of carbonyl (C=O) groups excluding carboxylic acids is 2. The zero-order valence-electron chi connectivity index (χ0n) is 20.3. The third kappa shape index (κ3) is 6.53. The van der Waals surface area contributed by atoms with E-state index in [1.54, 1.807) is 0 Å². The molecule has 35 heavy (non-hydrogen) atoms. The number of alkyl carbamates (subject to hydrolysis) is 1. The van der Waals surface area contributed by atoms with Gasteiger partial charge >= 0.3 is 6.09 Å². The number of carbonyl (C=O) groups is 2. The van der Waals surface area contributed by atoms with E-state index in [9.17, 15) is 9.59 Å². The Labute approximate surface area is 211 Å². The van der Waals surface area contributed by atoms with Crippen LogP contribution in [0.1, 0.15) is 43.4 Å². The summed E-state index contributed by atoms with van der Waals surface area (Å²) in [5.41, 5.74) is 5.22. The predicted octanol–water partition coefficient (Wildman–Crippen LogP) is 6.17. The quantitative estimate of drug-likeness (QED) is 0.410. The minimum absolute atomic E-state index is 0.0411. The number of nitrogens with one attached hydrogen (secondary N) is 1. The van der Waals surface area contributed by atoms with E-state index in [0.29, 0.717) is 5.75 Å². The van der Waals surface area contributed by atoms with Gasteiger partial charge in [-0.25, -0.2) is 4.79 Å². The van der Waals surface area contributed by atoms with Crippen molar-refractivity contribution < 1.29 is 19.1 Å². The smallest absolute Gasteiger partial charge is 0.407 e. The molecule has 0 saturated carbocycles. The summed E-state index contributed by atoms with van der Waals surface area (Å²) in [6.45, 7) is 6.02. The van der Waals surface area contributed by atoms with Gasteiger partial charge in [0.15, 0.2) is 0 Å². The van der Waals surface area contributed by atoms with Gasteiger partial charge in [0.1, 0.15) is 12.6 Å². The van der Waals surface area contributed by atoms with Gasteiger partial charge in [-0.2, -0.15) is 0 Å². The van der Waals surface area contributed by atoms with Crippen molar-refractivity contribution >= 4 is 23.0 Å². The third-order valence-corrected chi connectivity index (χ3v) is 6.87. The molecular weight excluding hydrogens is 458 g/mol. The SMILES string of the molecule is CC(C)(C)OC[C@H](NC(=O)OCC1c2ccccc2-c2ccccc21)C(=O)SCc1ccccc1. The predicted molar refractivity (Wildman–Crippen MR) is 140 cm³/mol. The lowest BCUT2D eigenvalue weighted by molar-refractivity contribution is -0.115. The van der Waals surface area contributed by atoms with Crippen LogP contribution in [0.2, 0.25) is 0 Å². The van der Waals surface area contributed by atoms with E-state index < -0.39 is 17.7 Å². The average Bonchev–Trinajstić information content (AvgIpc) is 3.17. The highest BCUT2D eigenvalue weighted by atomic mass is 32.2. The van der Waals surface area contributed by atoms with Crippen LogP contribution < -0.4 is 5.32 Å². The maximum absolute atomic E-state index is 13.0. The largest absolute Gasteiger partial charge is 0.449 e. The Bertz CT molecular complexity index is 1130. The summed E-state index contributed by atoms with van der Waals surface area (Å²) < 4.78 is 11.5. The van der Waals surface area contributed by atoms with E-state index in [4.69, 9.17) is 9.47 Å².